The molecule has 9 nitrogen and oxygen atoms in total. The average Bonchev–Trinajstić information content (AvgIpc) is 3.32. The number of thiazole rings is 1. The maximum atomic E-state index is 15.0. The van der Waals surface area contributed by atoms with Crippen molar-refractivity contribution in [1.29, 1.82) is 0 Å². The van der Waals surface area contributed by atoms with Gasteiger partial charge >= 0.3 is 6.01 Å². The standard InChI is InChI=1S/C28H31F3N8OS/c29-18-4-3-16(22-23(18)41-26(32)35-22)20-19(24(30)31)21-17(13-34-20)25(39-11-7-33-8-12-39)37-27(36-21)40-15-28(5-6-28)14-38-9-1-2-10-38/h3-4,13,24,33H,1-2,5-12,14-15H2,(H2,32,35). The van der Waals surface area contributed by atoms with E-state index in [0.717, 1.165) is 56.9 Å². The first-order valence-corrected chi connectivity index (χ1v) is 14.9. The first-order valence-electron chi connectivity index (χ1n) is 14.1. The van der Waals surface area contributed by atoms with Crippen molar-refractivity contribution in [2.45, 2.75) is 32.1 Å². The van der Waals surface area contributed by atoms with Gasteiger partial charge in [-0.25, -0.2) is 18.2 Å². The Hall–Kier alpha value is -3.29. The molecule has 1 aromatic carbocycles. The van der Waals surface area contributed by atoms with Crippen LogP contribution in [0.1, 0.15) is 37.7 Å². The Kier molecular flexibility index (Phi) is 6.82. The molecule has 0 radical (unpaired) electrons. The second-order valence-electron chi connectivity index (χ2n) is 11.2. The third kappa shape index (κ3) is 5.04. The molecule has 3 fully saturated rings. The number of benzene rings is 1. The van der Waals surface area contributed by atoms with Crippen molar-refractivity contribution in [2.24, 2.45) is 5.41 Å². The first kappa shape index (κ1) is 26.6. The van der Waals surface area contributed by atoms with Gasteiger partial charge in [0.15, 0.2) is 5.13 Å². The molecule has 0 bridgehead atoms. The fourth-order valence-corrected chi connectivity index (χ4v) is 6.78. The number of pyridine rings is 1. The van der Waals surface area contributed by atoms with E-state index in [9.17, 15) is 13.2 Å². The van der Waals surface area contributed by atoms with Crippen LogP contribution in [0.5, 0.6) is 6.01 Å². The summed E-state index contributed by atoms with van der Waals surface area (Å²) < 4.78 is 50.9. The first-order chi connectivity index (χ1) is 19.9. The number of fused-ring (bicyclic) bond motifs is 2. The third-order valence-electron chi connectivity index (χ3n) is 8.36. The predicted octanol–water partition coefficient (Wildman–Crippen LogP) is 4.62. The van der Waals surface area contributed by atoms with Gasteiger partial charge in [-0.05, 0) is 50.9 Å². The number of nitrogen functional groups attached to an aromatic ring is 1. The van der Waals surface area contributed by atoms with E-state index in [-0.39, 0.29) is 49.1 Å². The van der Waals surface area contributed by atoms with Crippen LogP contribution in [0.15, 0.2) is 18.3 Å². The predicted molar refractivity (Wildman–Crippen MR) is 153 cm³/mol. The van der Waals surface area contributed by atoms with Crippen LogP contribution < -0.4 is 20.7 Å². The number of nitrogens with one attached hydrogen (secondary N) is 1. The molecule has 5 heterocycles. The van der Waals surface area contributed by atoms with Crippen LogP contribution in [0, 0.1) is 11.2 Å². The number of likely N-dealkylation sites (tertiary alicyclic amines) is 1. The number of anilines is 2. The molecule has 1 saturated carbocycles. The fraction of sp³-hybridized carbons (Fsp3) is 0.500. The monoisotopic (exact) mass is 584 g/mol. The Labute approximate surface area is 238 Å². The largest absolute Gasteiger partial charge is 0.463 e. The second kappa shape index (κ2) is 10.5. The minimum Gasteiger partial charge on any atom is -0.463 e. The van der Waals surface area contributed by atoms with Crippen LogP contribution in [0.2, 0.25) is 0 Å². The van der Waals surface area contributed by atoms with Gasteiger partial charge in [-0.15, -0.1) is 0 Å². The smallest absolute Gasteiger partial charge is 0.318 e. The summed E-state index contributed by atoms with van der Waals surface area (Å²) in [4.78, 5) is 22.6. The molecular formula is C28H31F3N8OS. The third-order valence-corrected chi connectivity index (χ3v) is 9.26. The summed E-state index contributed by atoms with van der Waals surface area (Å²) in [6.45, 7) is 6.43. The van der Waals surface area contributed by atoms with Gasteiger partial charge in [0.2, 0.25) is 0 Å². The van der Waals surface area contributed by atoms with E-state index in [1.165, 1.54) is 31.2 Å². The zero-order valence-corrected chi connectivity index (χ0v) is 23.3. The van der Waals surface area contributed by atoms with E-state index in [0.29, 0.717) is 30.9 Å². The number of piperazine rings is 1. The number of nitrogens with two attached hydrogens (primary N) is 1. The molecule has 0 unspecified atom stereocenters. The van der Waals surface area contributed by atoms with Gasteiger partial charge in [0.25, 0.3) is 6.43 Å². The SMILES string of the molecule is Nc1nc2c(-c3ncc4c(N5CCNCC5)nc(OCC5(CN6CCCC6)CC5)nc4c3C(F)F)ccc(F)c2s1. The van der Waals surface area contributed by atoms with Crippen LogP contribution >= 0.6 is 11.3 Å². The lowest BCUT2D eigenvalue weighted by atomic mass is 10.0. The van der Waals surface area contributed by atoms with Crippen molar-refractivity contribution in [1.82, 2.24) is 30.2 Å². The summed E-state index contributed by atoms with van der Waals surface area (Å²) in [6, 6.07) is 2.73. The van der Waals surface area contributed by atoms with Crippen molar-refractivity contribution in [3.63, 3.8) is 0 Å². The van der Waals surface area contributed by atoms with E-state index in [4.69, 9.17) is 15.5 Å². The van der Waals surface area contributed by atoms with Crippen LogP contribution in [0.25, 0.3) is 32.4 Å². The number of alkyl halides is 2. The van der Waals surface area contributed by atoms with Crippen LogP contribution in [-0.4, -0.2) is 77.3 Å². The maximum Gasteiger partial charge on any atom is 0.318 e. The molecule has 13 heteroatoms. The van der Waals surface area contributed by atoms with Crippen molar-refractivity contribution in [2.75, 3.05) is 63.1 Å². The lowest BCUT2D eigenvalue weighted by Crippen LogP contribution is -2.44. The maximum absolute atomic E-state index is 15.0. The molecule has 7 rings (SSSR count). The van der Waals surface area contributed by atoms with Gasteiger partial charge in [0.05, 0.1) is 39.0 Å². The Morgan fingerprint density at radius 1 is 1.05 bits per heavy atom. The van der Waals surface area contributed by atoms with Gasteiger partial charge in [-0.3, -0.25) is 4.98 Å². The Morgan fingerprint density at radius 2 is 1.83 bits per heavy atom. The van der Waals surface area contributed by atoms with Gasteiger partial charge in [-0.2, -0.15) is 9.97 Å². The number of rotatable bonds is 8. The van der Waals surface area contributed by atoms with Gasteiger partial charge in [0, 0.05) is 49.9 Å². The summed E-state index contributed by atoms with van der Waals surface area (Å²) in [5.74, 6) is 0.0123. The van der Waals surface area contributed by atoms with Crippen LogP contribution in [-0.2, 0) is 0 Å². The molecule has 0 spiro atoms. The normalized spacial score (nSPS) is 19.1. The topological polar surface area (TPSA) is 105 Å². The van der Waals surface area contributed by atoms with E-state index < -0.39 is 12.2 Å². The molecule has 1 aliphatic carbocycles. The van der Waals surface area contributed by atoms with E-state index in [1.807, 2.05) is 0 Å². The Balaban J connectivity index is 1.34. The summed E-state index contributed by atoms with van der Waals surface area (Å²) in [7, 11) is 0. The summed E-state index contributed by atoms with van der Waals surface area (Å²) >= 11 is 0.970. The lowest BCUT2D eigenvalue weighted by molar-refractivity contribution is 0.153. The van der Waals surface area contributed by atoms with Crippen molar-refractivity contribution >= 4 is 43.4 Å². The molecule has 2 saturated heterocycles. The van der Waals surface area contributed by atoms with Crippen molar-refractivity contribution in [3.8, 4) is 17.3 Å². The summed E-state index contributed by atoms with van der Waals surface area (Å²) in [5.41, 5.74) is 6.11. The van der Waals surface area contributed by atoms with Gasteiger partial charge in [0.1, 0.15) is 11.6 Å². The number of aromatic nitrogens is 4. The number of hydrogen-bond donors (Lipinski definition) is 2. The molecule has 41 heavy (non-hydrogen) atoms. The Bertz CT molecular complexity index is 1600. The molecule has 216 valence electrons. The molecular weight excluding hydrogens is 553 g/mol. The van der Waals surface area contributed by atoms with Crippen LogP contribution in [0.4, 0.5) is 24.1 Å². The number of ether oxygens (including phenoxy) is 1. The van der Waals surface area contributed by atoms with Gasteiger partial charge < -0.3 is 25.6 Å². The highest BCUT2D eigenvalue weighted by molar-refractivity contribution is 7.22. The number of halogens is 3. The molecule has 0 amide bonds. The minimum absolute atomic E-state index is 0.00796. The van der Waals surface area contributed by atoms with E-state index >= 15 is 0 Å². The van der Waals surface area contributed by atoms with Gasteiger partial charge in [-0.1, -0.05) is 11.3 Å². The fourth-order valence-electron chi connectivity index (χ4n) is 6.02. The zero-order chi connectivity index (χ0) is 28.1. The molecule has 3 aliphatic rings. The molecule has 3 aromatic heterocycles. The van der Waals surface area contributed by atoms with Crippen LogP contribution in [0.3, 0.4) is 0 Å². The second-order valence-corrected chi connectivity index (χ2v) is 12.3. The van der Waals surface area contributed by atoms with E-state index in [1.54, 1.807) is 0 Å². The lowest BCUT2D eigenvalue weighted by Gasteiger charge is -2.30. The summed E-state index contributed by atoms with van der Waals surface area (Å²) in [6.07, 6.45) is 3.18. The number of nitrogens with zero attached hydrogens (tertiary/aromatic N) is 6. The Morgan fingerprint density at radius 3 is 2.56 bits per heavy atom. The average molecular weight is 585 g/mol. The molecule has 2 aliphatic heterocycles. The quantitative estimate of drug-likeness (QED) is 0.307. The molecule has 3 N–H and O–H groups in total. The van der Waals surface area contributed by atoms with Crippen molar-refractivity contribution < 1.29 is 17.9 Å². The summed E-state index contributed by atoms with van der Waals surface area (Å²) in [5, 5.41) is 3.88. The number of hydrogen-bond acceptors (Lipinski definition) is 10. The highest BCUT2D eigenvalue weighted by atomic mass is 32.1. The highest BCUT2D eigenvalue weighted by Gasteiger charge is 2.45. The minimum atomic E-state index is -2.92. The molecule has 0 atom stereocenters. The van der Waals surface area contributed by atoms with Crippen molar-refractivity contribution in [3.05, 3.63) is 29.7 Å². The zero-order valence-electron chi connectivity index (χ0n) is 22.5. The van der Waals surface area contributed by atoms with E-state index in [2.05, 4.69) is 30.1 Å². The highest BCUT2D eigenvalue weighted by Crippen LogP contribution is 2.47. The molecule has 4 aromatic rings.